The Morgan fingerprint density at radius 2 is 1.95 bits per heavy atom. The van der Waals surface area contributed by atoms with E-state index in [4.69, 9.17) is 9.05 Å². The van der Waals surface area contributed by atoms with E-state index < -0.39 is 13.0 Å². The molecule has 0 aromatic heterocycles. The van der Waals surface area contributed by atoms with Gasteiger partial charge in [0, 0.05) is 38.3 Å². The van der Waals surface area contributed by atoms with Crippen molar-refractivity contribution in [3.63, 3.8) is 0 Å². The fraction of sp³-hybridized carbons (Fsp3) is 0.533. The molecule has 2 rings (SSSR count). The van der Waals surface area contributed by atoms with Crippen LogP contribution in [0.3, 0.4) is 0 Å². The molecule has 0 fully saturated rings. The third kappa shape index (κ3) is 2.91. The van der Waals surface area contributed by atoms with Crippen LogP contribution in [0.1, 0.15) is 25.8 Å². The standard InChI is InChI=1S/C15H22NO4P/c1-5-14(17)16-10-15(2,11-21(18,19-3)20-4)12-8-6-7-9-13(12)16/h6-9H,5,10-11H2,1-4H3. The van der Waals surface area contributed by atoms with Crippen molar-refractivity contribution in [3.8, 4) is 0 Å². The molecule has 1 aliphatic heterocycles. The van der Waals surface area contributed by atoms with E-state index in [1.807, 2.05) is 38.1 Å². The first-order valence-electron chi connectivity index (χ1n) is 6.99. The highest BCUT2D eigenvalue weighted by atomic mass is 31.2. The van der Waals surface area contributed by atoms with E-state index in [0.29, 0.717) is 13.0 Å². The zero-order chi connectivity index (χ0) is 15.7. The van der Waals surface area contributed by atoms with Gasteiger partial charge in [0.2, 0.25) is 5.91 Å². The smallest absolute Gasteiger partial charge is 0.312 e. The molecule has 0 spiro atoms. The van der Waals surface area contributed by atoms with Gasteiger partial charge in [-0.1, -0.05) is 32.0 Å². The molecule has 0 aliphatic carbocycles. The highest BCUT2D eigenvalue weighted by Gasteiger charge is 2.45. The maximum Gasteiger partial charge on any atom is 0.331 e. The zero-order valence-corrected chi connectivity index (χ0v) is 13.9. The minimum Gasteiger partial charge on any atom is -0.312 e. The maximum absolute atomic E-state index is 12.5. The van der Waals surface area contributed by atoms with Gasteiger partial charge in [0.1, 0.15) is 0 Å². The molecule has 0 N–H and O–H groups in total. The highest BCUT2D eigenvalue weighted by Crippen LogP contribution is 2.54. The van der Waals surface area contributed by atoms with E-state index in [9.17, 15) is 9.36 Å². The fourth-order valence-electron chi connectivity index (χ4n) is 2.92. The summed E-state index contributed by atoms with van der Waals surface area (Å²) in [6.07, 6.45) is 0.689. The van der Waals surface area contributed by atoms with Crippen LogP contribution in [0.25, 0.3) is 0 Å². The molecule has 0 bridgehead atoms. The first-order valence-corrected chi connectivity index (χ1v) is 8.72. The average Bonchev–Trinajstić information content (AvgIpc) is 2.80. The monoisotopic (exact) mass is 311 g/mol. The summed E-state index contributed by atoms with van der Waals surface area (Å²) in [4.78, 5) is 13.9. The van der Waals surface area contributed by atoms with Crippen LogP contribution < -0.4 is 4.90 Å². The number of fused-ring (bicyclic) bond motifs is 1. The summed E-state index contributed by atoms with van der Waals surface area (Å²) in [5.41, 5.74) is 1.47. The quantitative estimate of drug-likeness (QED) is 0.784. The SMILES string of the molecule is CCC(=O)N1CC(C)(CP(=O)(OC)OC)c2ccccc21. The summed E-state index contributed by atoms with van der Waals surface area (Å²) in [5, 5.41) is 0. The van der Waals surface area contributed by atoms with Crippen molar-refractivity contribution >= 4 is 19.2 Å². The molecule has 1 aromatic carbocycles. The number of carbonyl (C=O) groups is 1. The van der Waals surface area contributed by atoms with Crippen LogP contribution in [-0.4, -0.2) is 32.8 Å². The van der Waals surface area contributed by atoms with E-state index in [1.165, 1.54) is 14.2 Å². The molecule has 0 saturated carbocycles. The largest absolute Gasteiger partial charge is 0.331 e. The van der Waals surface area contributed by atoms with Crippen LogP contribution in [0.5, 0.6) is 0 Å². The van der Waals surface area contributed by atoms with Gasteiger partial charge in [0.05, 0.1) is 6.16 Å². The summed E-state index contributed by atoms with van der Waals surface area (Å²) >= 11 is 0. The van der Waals surface area contributed by atoms with Gasteiger partial charge in [-0.05, 0) is 11.6 Å². The fourth-order valence-corrected chi connectivity index (χ4v) is 4.45. The van der Waals surface area contributed by atoms with E-state index in [0.717, 1.165) is 11.3 Å². The predicted octanol–water partition coefficient (Wildman–Crippen LogP) is 3.19. The molecule has 0 saturated heterocycles. The molecule has 1 aliphatic rings. The van der Waals surface area contributed by atoms with Gasteiger partial charge in [0.15, 0.2) is 0 Å². The van der Waals surface area contributed by atoms with Crippen molar-refractivity contribution in [2.45, 2.75) is 25.7 Å². The maximum atomic E-state index is 12.5. The number of anilines is 1. The van der Waals surface area contributed by atoms with Gasteiger partial charge in [-0.25, -0.2) is 0 Å². The predicted molar refractivity (Wildman–Crippen MR) is 82.9 cm³/mol. The van der Waals surface area contributed by atoms with Crippen molar-refractivity contribution in [1.82, 2.24) is 0 Å². The van der Waals surface area contributed by atoms with Crippen molar-refractivity contribution in [3.05, 3.63) is 29.8 Å². The summed E-state index contributed by atoms with van der Waals surface area (Å²) < 4.78 is 22.7. The number of carbonyl (C=O) groups excluding carboxylic acids is 1. The lowest BCUT2D eigenvalue weighted by Crippen LogP contribution is -2.37. The molecule has 1 heterocycles. The number of nitrogens with zero attached hydrogens (tertiary/aromatic N) is 1. The molecule has 1 atom stereocenters. The Hall–Kier alpha value is -1.16. The van der Waals surface area contributed by atoms with Crippen LogP contribution in [-0.2, 0) is 23.8 Å². The van der Waals surface area contributed by atoms with Crippen LogP contribution in [0.2, 0.25) is 0 Å². The van der Waals surface area contributed by atoms with Crippen LogP contribution in [0.4, 0.5) is 5.69 Å². The summed E-state index contributed by atoms with van der Waals surface area (Å²) in [5.74, 6) is 0.0656. The molecule has 5 nitrogen and oxygen atoms in total. The molecule has 21 heavy (non-hydrogen) atoms. The van der Waals surface area contributed by atoms with E-state index >= 15 is 0 Å². The molecule has 1 unspecified atom stereocenters. The number of amides is 1. The average molecular weight is 311 g/mol. The van der Waals surface area contributed by atoms with Gasteiger partial charge in [-0.2, -0.15) is 0 Å². The van der Waals surface area contributed by atoms with Gasteiger partial charge in [0.25, 0.3) is 0 Å². The lowest BCUT2D eigenvalue weighted by Gasteiger charge is -2.28. The van der Waals surface area contributed by atoms with Crippen LogP contribution >= 0.6 is 7.60 Å². The third-order valence-electron chi connectivity index (χ3n) is 4.05. The summed E-state index contributed by atoms with van der Waals surface area (Å²) in [6.45, 7) is 4.34. The van der Waals surface area contributed by atoms with E-state index in [2.05, 4.69) is 0 Å². The molecular weight excluding hydrogens is 289 g/mol. The van der Waals surface area contributed by atoms with Gasteiger partial charge in [-0.3, -0.25) is 9.36 Å². The molecular formula is C15H22NO4P. The second-order valence-corrected chi connectivity index (χ2v) is 7.81. The first kappa shape index (κ1) is 16.2. The molecule has 1 amide bonds. The minimum atomic E-state index is -3.15. The van der Waals surface area contributed by atoms with Crippen molar-refractivity contribution in [2.24, 2.45) is 0 Å². The molecule has 0 radical (unpaired) electrons. The van der Waals surface area contributed by atoms with Crippen LogP contribution in [0, 0.1) is 0 Å². The Morgan fingerprint density at radius 1 is 1.33 bits per heavy atom. The Morgan fingerprint density at radius 3 is 2.52 bits per heavy atom. The summed E-state index contributed by atoms with van der Waals surface area (Å²) in [6, 6.07) is 7.75. The second-order valence-electron chi connectivity index (χ2n) is 5.55. The zero-order valence-electron chi connectivity index (χ0n) is 13.0. The van der Waals surface area contributed by atoms with Gasteiger partial charge < -0.3 is 13.9 Å². The lowest BCUT2D eigenvalue weighted by atomic mass is 9.87. The molecule has 1 aromatic rings. The normalized spacial score (nSPS) is 21.4. The number of para-hydroxylation sites is 1. The second kappa shape index (κ2) is 5.91. The minimum absolute atomic E-state index is 0.0656. The topological polar surface area (TPSA) is 55.8 Å². The Labute approximate surface area is 125 Å². The van der Waals surface area contributed by atoms with Gasteiger partial charge >= 0.3 is 7.60 Å². The number of hydrogen-bond donors (Lipinski definition) is 0. The Bertz CT molecular complexity index is 581. The Balaban J connectivity index is 2.42. The first-order chi connectivity index (χ1) is 9.89. The highest BCUT2D eigenvalue weighted by molar-refractivity contribution is 7.53. The van der Waals surface area contributed by atoms with E-state index in [1.54, 1.807) is 4.90 Å². The number of hydrogen-bond acceptors (Lipinski definition) is 4. The summed E-state index contributed by atoms with van der Waals surface area (Å²) in [7, 11) is -0.370. The Kier molecular flexibility index (Phi) is 4.57. The lowest BCUT2D eigenvalue weighted by molar-refractivity contribution is -0.118. The third-order valence-corrected chi connectivity index (χ3v) is 6.25. The number of rotatable bonds is 5. The molecule has 116 valence electrons. The van der Waals surface area contributed by atoms with Crippen LogP contribution in [0.15, 0.2) is 24.3 Å². The van der Waals surface area contributed by atoms with Gasteiger partial charge in [-0.15, -0.1) is 0 Å². The number of benzene rings is 1. The van der Waals surface area contributed by atoms with Crippen molar-refractivity contribution in [1.29, 1.82) is 0 Å². The molecule has 6 heteroatoms. The van der Waals surface area contributed by atoms with Crippen molar-refractivity contribution in [2.75, 3.05) is 31.8 Å². The van der Waals surface area contributed by atoms with Crippen molar-refractivity contribution < 1.29 is 18.4 Å². The van der Waals surface area contributed by atoms with E-state index in [-0.39, 0.29) is 12.1 Å².